The molecule has 0 aromatic heterocycles. The quantitative estimate of drug-likeness (QED) is 0.260. The molecule has 0 fully saturated rings. The summed E-state index contributed by atoms with van der Waals surface area (Å²) in [7, 11) is 0. The third kappa shape index (κ3) is 6.05. The summed E-state index contributed by atoms with van der Waals surface area (Å²) in [6.07, 6.45) is 0. The zero-order chi connectivity index (χ0) is 21.7. The molecule has 8 N–H and O–H groups in total. The molecule has 0 radical (unpaired) electrons. The first-order valence-electron chi connectivity index (χ1n) is 9.79. The van der Waals surface area contributed by atoms with E-state index in [9.17, 15) is 0 Å². The lowest BCUT2D eigenvalue weighted by Gasteiger charge is -2.07. The standard InChI is InChI=1S/C14H16N2.C12H12N2.2CH4/c1-9-7-11(3-5-13(9)15)12-4-6-14(16)10(2)8-12;13-11-8-4-7-10(12(11)14)9-5-2-1-3-6-9;;/h3-8H,15-16H2,1-2H3;1-8H,13-14H2;2*1H4. The molecule has 0 aliphatic heterocycles. The lowest BCUT2D eigenvalue weighted by molar-refractivity contribution is 1.44. The van der Waals surface area contributed by atoms with Crippen LogP contribution in [0.4, 0.5) is 22.7 Å². The average Bonchev–Trinajstić information content (AvgIpc) is 2.75. The maximum Gasteiger partial charge on any atom is 0.0627 e. The van der Waals surface area contributed by atoms with Crippen LogP contribution in [-0.4, -0.2) is 0 Å². The first kappa shape index (κ1) is 26.1. The van der Waals surface area contributed by atoms with Crippen LogP contribution in [0, 0.1) is 13.8 Å². The third-order valence-electron chi connectivity index (χ3n) is 5.10. The smallest absolute Gasteiger partial charge is 0.0627 e. The minimum absolute atomic E-state index is 0. The van der Waals surface area contributed by atoms with Gasteiger partial charge in [-0.1, -0.05) is 69.5 Å². The number of para-hydroxylation sites is 1. The van der Waals surface area contributed by atoms with Gasteiger partial charge in [-0.2, -0.15) is 0 Å². The van der Waals surface area contributed by atoms with E-state index in [0.717, 1.165) is 33.6 Å². The Hall–Kier alpha value is -3.92. The molecular formula is C28H36N4. The van der Waals surface area contributed by atoms with Crippen LogP contribution in [0.2, 0.25) is 0 Å². The molecule has 4 aromatic rings. The molecule has 0 saturated heterocycles. The Labute approximate surface area is 192 Å². The van der Waals surface area contributed by atoms with Crippen molar-refractivity contribution in [2.45, 2.75) is 28.7 Å². The Morgan fingerprint density at radius 1 is 0.469 bits per heavy atom. The van der Waals surface area contributed by atoms with E-state index in [1.54, 1.807) is 0 Å². The highest BCUT2D eigenvalue weighted by Crippen LogP contribution is 2.29. The van der Waals surface area contributed by atoms with Crippen molar-refractivity contribution < 1.29 is 0 Å². The molecule has 0 aliphatic carbocycles. The van der Waals surface area contributed by atoms with Gasteiger partial charge >= 0.3 is 0 Å². The van der Waals surface area contributed by atoms with Crippen molar-refractivity contribution in [3.63, 3.8) is 0 Å². The molecule has 0 amide bonds. The number of nitrogen functional groups attached to an aromatic ring is 4. The summed E-state index contributed by atoms with van der Waals surface area (Å²) in [6, 6.07) is 27.8. The molecule has 168 valence electrons. The maximum atomic E-state index is 5.89. The number of nitrogens with two attached hydrogens (primary N) is 4. The lowest BCUT2D eigenvalue weighted by atomic mass is 10.0. The molecule has 0 bridgehead atoms. The largest absolute Gasteiger partial charge is 0.399 e. The zero-order valence-electron chi connectivity index (χ0n) is 17.4. The SMILES string of the molecule is C.C.Cc1cc(-c2ccc(N)c(C)c2)ccc1N.Nc1cccc(-c2ccccc2)c1N. The molecule has 4 heteroatoms. The highest BCUT2D eigenvalue weighted by atomic mass is 14.7. The Balaban J connectivity index is 0.000000303. The van der Waals surface area contributed by atoms with Crippen molar-refractivity contribution in [2.24, 2.45) is 0 Å². The Kier molecular flexibility index (Phi) is 9.36. The van der Waals surface area contributed by atoms with E-state index in [1.165, 1.54) is 11.1 Å². The van der Waals surface area contributed by atoms with Gasteiger partial charge in [-0.05, 0) is 72.0 Å². The highest BCUT2D eigenvalue weighted by Gasteiger charge is 2.03. The fourth-order valence-electron chi connectivity index (χ4n) is 3.16. The van der Waals surface area contributed by atoms with Gasteiger partial charge in [-0.3, -0.25) is 0 Å². The minimum atomic E-state index is 0. The summed E-state index contributed by atoms with van der Waals surface area (Å²) in [5, 5.41) is 0. The van der Waals surface area contributed by atoms with Crippen molar-refractivity contribution >= 4 is 22.7 Å². The summed E-state index contributed by atoms with van der Waals surface area (Å²) in [5.74, 6) is 0. The van der Waals surface area contributed by atoms with Gasteiger partial charge in [0.2, 0.25) is 0 Å². The monoisotopic (exact) mass is 428 g/mol. The molecule has 0 unspecified atom stereocenters. The van der Waals surface area contributed by atoms with E-state index >= 15 is 0 Å². The van der Waals surface area contributed by atoms with E-state index in [0.29, 0.717) is 11.4 Å². The molecular weight excluding hydrogens is 392 g/mol. The van der Waals surface area contributed by atoms with Crippen molar-refractivity contribution in [1.29, 1.82) is 0 Å². The minimum Gasteiger partial charge on any atom is -0.399 e. The Bertz CT molecular complexity index is 1100. The fraction of sp³-hybridized carbons (Fsp3) is 0.143. The topological polar surface area (TPSA) is 104 Å². The first-order valence-corrected chi connectivity index (χ1v) is 9.79. The number of hydrogen-bond acceptors (Lipinski definition) is 4. The van der Waals surface area contributed by atoms with Gasteiger partial charge in [-0.15, -0.1) is 0 Å². The summed E-state index contributed by atoms with van der Waals surface area (Å²) < 4.78 is 0. The van der Waals surface area contributed by atoms with Crippen LogP contribution in [0.1, 0.15) is 26.0 Å². The molecule has 0 saturated carbocycles. The van der Waals surface area contributed by atoms with Crippen molar-refractivity contribution in [1.82, 2.24) is 0 Å². The van der Waals surface area contributed by atoms with Crippen LogP contribution >= 0.6 is 0 Å². The van der Waals surface area contributed by atoms with Gasteiger partial charge in [-0.25, -0.2) is 0 Å². The van der Waals surface area contributed by atoms with E-state index in [4.69, 9.17) is 22.9 Å². The van der Waals surface area contributed by atoms with Crippen molar-refractivity contribution in [3.8, 4) is 22.3 Å². The number of aryl methyl sites for hydroxylation is 2. The highest BCUT2D eigenvalue weighted by molar-refractivity contribution is 5.84. The van der Waals surface area contributed by atoms with Gasteiger partial charge in [0.1, 0.15) is 0 Å². The summed E-state index contributed by atoms with van der Waals surface area (Å²) >= 11 is 0. The molecule has 32 heavy (non-hydrogen) atoms. The molecule has 0 heterocycles. The number of hydrogen-bond donors (Lipinski definition) is 4. The van der Waals surface area contributed by atoms with Crippen LogP contribution in [0.3, 0.4) is 0 Å². The predicted octanol–water partition coefficient (Wildman–Crippen LogP) is 6.93. The third-order valence-corrected chi connectivity index (χ3v) is 5.10. The van der Waals surface area contributed by atoms with Crippen LogP contribution in [0.25, 0.3) is 22.3 Å². The van der Waals surface area contributed by atoms with Crippen molar-refractivity contribution in [3.05, 3.63) is 96.1 Å². The number of rotatable bonds is 2. The predicted molar refractivity (Wildman–Crippen MR) is 144 cm³/mol. The van der Waals surface area contributed by atoms with Crippen LogP contribution in [-0.2, 0) is 0 Å². The van der Waals surface area contributed by atoms with Gasteiger partial charge in [0.25, 0.3) is 0 Å². The second kappa shape index (κ2) is 11.5. The van der Waals surface area contributed by atoms with E-state index < -0.39 is 0 Å². The van der Waals surface area contributed by atoms with Crippen LogP contribution in [0.15, 0.2) is 84.9 Å². The molecule has 0 aliphatic rings. The maximum absolute atomic E-state index is 5.89. The van der Waals surface area contributed by atoms with Crippen molar-refractivity contribution in [2.75, 3.05) is 22.9 Å². The molecule has 4 aromatic carbocycles. The molecule has 0 spiro atoms. The number of benzene rings is 4. The summed E-state index contributed by atoms with van der Waals surface area (Å²) in [4.78, 5) is 0. The van der Waals surface area contributed by atoms with E-state index in [1.807, 2.05) is 86.6 Å². The Morgan fingerprint density at radius 3 is 1.44 bits per heavy atom. The molecule has 4 nitrogen and oxygen atoms in total. The summed E-state index contributed by atoms with van der Waals surface area (Å²) in [5.41, 5.74) is 32.8. The normalized spacial score (nSPS) is 9.56. The van der Waals surface area contributed by atoms with Gasteiger partial charge in [0, 0.05) is 16.9 Å². The fourth-order valence-corrected chi connectivity index (χ4v) is 3.16. The zero-order valence-corrected chi connectivity index (χ0v) is 17.4. The molecule has 4 rings (SSSR count). The van der Waals surface area contributed by atoms with Crippen LogP contribution in [0.5, 0.6) is 0 Å². The second-order valence-electron chi connectivity index (χ2n) is 7.32. The summed E-state index contributed by atoms with van der Waals surface area (Å²) in [6.45, 7) is 4.03. The lowest BCUT2D eigenvalue weighted by Crippen LogP contribution is -1.96. The first-order chi connectivity index (χ1) is 14.4. The average molecular weight is 429 g/mol. The van der Waals surface area contributed by atoms with Crippen LogP contribution < -0.4 is 22.9 Å². The van der Waals surface area contributed by atoms with Gasteiger partial charge in [0.05, 0.1) is 11.4 Å². The van der Waals surface area contributed by atoms with E-state index in [-0.39, 0.29) is 14.9 Å². The van der Waals surface area contributed by atoms with E-state index in [2.05, 4.69) is 12.1 Å². The van der Waals surface area contributed by atoms with Gasteiger partial charge < -0.3 is 22.9 Å². The number of anilines is 4. The Morgan fingerprint density at radius 2 is 0.969 bits per heavy atom. The van der Waals surface area contributed by atoms with Gasteiger partial charge in [0.15, 0.2) is 0 Å². The second-order valence-corrected chi connectivity index (χ2v) is 7.32. The molecule has 0 atom stereocenters.